The number of hydrogen-bond donors (Lipinski definition) is 1. The van der Waals surface area contributed by atoms with Crippen LogP contribution in [-0.4, -0.2) is 16.6 Å². The molecule has 1 aliphatic heterocycles. The Morgan fingerprint density at radius 2 is 2.14 bits per heavy atom. The Balaban J connectivity index is 1.77. The monoisotopic (exact) mass is 316 g/mol. The van der Waals surface area contributed by atoms with Crippen molar-refractivity contribution in [2.24, 2.45) is 0 Å². The van der Waals surface area contributed by atoms with E-state index in [1.807, 2.05) is 11.3 Å². The zero-order chi connectivity index (χ0) is 14.8. The van der Waals surface area contributed by atoms with Crippen molar-refractivity contribution >= 4 is 34.4 Å². The first kappa shape index (κ1) is 14.5. The normalized spacial score (nSPS) is 18.0. The van der Waals surface area contributed by atoms with E-state index in [9.17, 15) is 0 Å². The molecule has 0 radical (unpaired) electrons. The van der Waals surface area contributed by atoms with Crippen LogP contribution >= 0.6 is 23.6 Å². The van der Waals surface area contributed by atoms with E-state index < -0.39 is 0 Å². The van der Waals surface area contributed by atoms with Crippen LogP contribution in [0.25, 0.3) is 0 Å². The second-order valence-electron chi connectivity index (χ2n) is 5.54. The van der Waals surface area contributed by atoms with Crippen molar-refractivity contribution in [2.45, 2.75) is 32.7 Å². The van der Waals surface area contributed by atoms with Gasteiger partial charge in [0.25, 0.3) is 0 Å². The molecular formula is C17H20N2S2. The predicted octanol–water partition coefficient (Wildman–Crippen LogP) is 4.90. The van der Waals surface area contributed by atoms with Crippen LogP contribution in [0.3, 0.4) is 0 Å². The van der Waals surface area contributed by atoms with E-state index in [0.29, 0.717) is 6.04 Å². The van der Waals surface area contributed by atoms with Crippen molar-refractivity contribution in [2.75, 3.05) is 11.9 Å². The molecule has 2 heterocycles. The van der Waals surface area contributed by atoms with Gasteiger partial charge in [-0.1, -0.05) is 18.2 Å². The van der Waals surface area contributed by atoms with Gasteiger partial charge in [0, 0.05) is 17.1 Å². The summed E-state index contributed by atoms with van der Waals surface area (Å²) in [7, 11) is 0. The molecule has 110 valence electrons. The van der Waals surface area contributed by atoms with Crippen LogP contribution in [-0.2, 0) is 0 Å². The van der Waals surface area contributed by atoms with E-state index in [1.54, 1.807) is 0 Å². The largest absolute Gasteiger partial charge is 0.341 e. The molecule has 1 aromatic heterocycles. The summed E-state index contributed by atoms with van der Waals surface area (Å²) in [5.74, 6) is 0. The average molecular weight is 316 g/mol. The van der Waals surface area contributed by atoms with Gasteiger partial charge in [0.05, 0.1) is 6.04 Å². The number of rotatable bonds is 2. The third kappa shape index (κ3) is 2.97. The molecule has 1 saturated heterocycles. The van der Waals surface area contributed by atoms with Crippen molar-refractivity contribution < 1.29 is 0 Å². The molecule has 0 unspecified atom stereocenters. The maximum absolute atomic E-state index is 5.67. The fourth-order valence-corrected chi connectivity index (χ4v) is 4.06. The van der Waals surface area contributed by atoms with Gasteiger partial charge in [0.15, 0.2) is 5.11 Å². The number of nitrogens with one attached hydrogen (secondary N) is 1. The van der Waals surface area contributed by atoms with Gasteiger partial charge >= 0.3 is 0 Å². The summed E-state index contributed by atoms with van der Waals surface area (Å²) in [5.41, 5.74) is 3.68. The summed E-state index contributed by atoms with van der Waals surface area (Å²) < 4.78 is 0. The molecule has 1 aliphatic rings. The highest BCUT2D eigenvalue weighted by atomic mass is 32.1. The smallest absolute Gasteiger partial charge is 0.173 e. The van der Waals surface area contributed by atoms with E-state index in [0.717, 1.165) is 17.3 Å². The van der Waals surface area contributed by atoms with E-state index >= 15 is 0 Å². The number of nitrogens with zero attached hydrogens (tertiary/aromatic N) is 1. The topological polar surface area (TPSA) is 15.3 Å². The van der Waals surface area contributed by atoms with Crippen LogP contribution in [0.4, 0.5) is 5.69 Å². The van der Waals surface area contributed by atoms with E-state index in [2.05, 4.69) is 59.8 Å². The number of thiocarbonyl (C=S) groups is 1. The lowest BCUT2D eigenvalue weighted by atomic mass is 10.1. The summed E-state index contributed by atoms with van der Waals surface area (Å²) in [6.07, 6.45) is 2.40. The van der Waals surface area contributed by atoms with Crippen LogP contribution in [0, 0.1) is 13.8 Å². The summed E-state index contributed by atoms with van der Waals surface area (Å²) in [6.45, 7) is 5.31. The van der Waals surface area contributed by atoms with Crippen molar-refractivity contribution in [3.63, 3.8) is 0 Å². The average Bonchev–Trinajstić information content (AvgIpc) is 3.13. The van der Waals surface area contributed by atoms with Crippen LogP contribution in [0.15, 0.2) is 35.7 Å². The lowest BCUT2D eigenvalue weighted by Gasteiger charge is -2.27. The molecular weight excluding hydrogens is 296 g/mol. The first-order valence-corrected chi connectivity index (χ1v) is 8.63. The lowest BCUT2D eigenvalue weighted by molar-refractivity contribution is 0.412. The Morgan fingerprint density at radius 1 is 1.29 bits per heavy atom. The molecule has 0 saturated carbocycles. The Kier molecular flexibility index (Phi) is 4.27. The lowest BCUT2D eigenvalue weighted by Crippen LogP contribution is -2.34. The fourth-order valence-electron chi connectivity index (χ4n) is 2.86. The zero-order valence-corrected chi connectivity index (χ0v) is 14.1. The molecule has 0 amide bonds. The summed E-state index contributed by atoms with van der Waals surface area (Å²) >= 11 is 7.49. The first-order chi connectivity index (χ1) is 10.2. The molecule has 0 aliphatic carbocycles. The molecule has 0 spiro atoms. The Hall–Kier alpha value is -1.39. The molecule has 3 rings (SSSR count). The molecule has 1 atom stereocenters. The summed E-state index contributed by atoms with van der Waals surface area (Å²) in [6, 6.07) is 11.1. The third-order valence-electron chi connectivity index (χ3n) is 4.23. The predicted molar refractivity (Wildman–Crippen MR) is 95.1 cm³/mol. The highest BCUT2D eigenvalue weighted by Gasteiger charge is 2.28. The Bertz CT molecular complexity index is 634. The number of thiophene rings is 1. The minimum atomic E-state index is 0.440. The molecule has 4 heteroatoms. The SMILES string of the molecule is Cc1cccc(NC(=S)N2CCC[C@H]2c2cccs2)c1C. The molecule has 21 heavy (non-hydrogen) atoms. The van der Waals surface area contributed by atoms with Crippen LogP contribution < -0.4 is 5.32 Å². The van der Waals surface area contributed by atoms with Crippen molar-refractivity contribution in [1.29, 1.82) is 0 Å². The summed E-state index contributed by atoms with van der Waals surface area (Å²) in [5, 5.41) is 6.44. The van der Waals surface area contributed by atoms with Gasteiger partial charge in [-0.3, -0.25) is 0 Å². The first-order valence-electron chi connectivity index (χ1n) is 7.34. The highest BCUT2D eigenvalue weighted by Crippen LogP contribution is 2.35. The van der Waals surface area contributed by atoms with Gasteiger partial charge in [-0.15, -0.1) is 11.3 Å². The highest BCUT2D eigenvalue weighted by molar-refractivity contribution is 7.80. The molecule has 1 aromatic carbocycles. The van der Waals surface area contributed by atoms with Crippen molar-refractivity contribution in [1.82, 2.24) is 4.90 Å². The second-order valence-corrected chi connectivity index (χ2v) is 6.91. The minimum absolute atomic E-state index is 0.440. The molecule has 0 bridgehead atoms. The number of anilines is 1. The zero-order valence-electron chi connectivity index (χ0n) is 12.4. The van der Waals surface area contributed by atoms with Crippen molar-refractivity contribution in [3.8, 4) is 0 Å². The maximum atomic E-state index is 5.67. The van der Waals surface area contributed by atoms with Crippen LogP contribution in [0.1, 0.15) is 34.9 Å². The summed E-state index contributed by atoms with van der Waals surface area (Å²) in [4.78, 5) is 3.75. The standard InChI is InChI=1S/C17H20N2S2/c1-12-6-3-7-14(13(12)2)18-17(20)19-10-4-8-15(19)16-9-5-11-21-16/h3,5-7,9,11,15H,4,8,10H2,1-2H3,(H,18,20)/t15-/m0/s1. The Labute approximate surface area is 135 Å². The van der Waals surface area contributed by atoms with Crippen molar-refractivity contribution in [3.05, 3.63) is 51.7 Å². The van der Waals surface area contributed by atoms with Gasteiger partial charge in [-0.25, -0.2) is 0 Å². The van der Waals surface area contributed by atoms with Gasteiger partial charge in [-0.2, -0.15) is 0 Å². The molecule has 2 aromatic rings. The van der Waals surface area contributed by atoms with Crippen LogP contribution in [0.5, 0.6) is 0 Å². The quantitative estimate of drug-likeness (QED) is 0.793. The molecule has 1 N–H and O–H groups in total. The molecule has 2 nitrogen and oxygen atoms in total. The number of benzene rings is 1. The third-order valence-corrected chi connectivity index (χ3v) is 5.54. The van der Waals surface area contributed by atoms with E-state index in [1.165, 1.54) is 28.8 Å². The molecule has 1 fully saturated rings. The number of aryl methyl sites for hydroxylation is 1. The Morgan fingerprint density at radius 3 is 2.90 bits per heavy atom. The number of hydrogen-bond acceptors (Lipinski definition) is 2. The second kappa shape index (κ2) is 6.16. The van der Waals surface area contributed by atoms with E-state index in [-0.39, 0.29) is 0 Å². The minimum Gasteiger partial charge on any atom is -0.341 e. The van der Waals surface area contributed by atoms with Gasteiger partial charge in [0.1, 0.15) is 0 Å². The van der Waals surface area contributed by atoms with E-state index in [4.69, 9.17) is 12.2 Å². The van der Waals surface area contributed by atoms with Gasteiger partial charge in [-0.05, 0) is 67.5 Å². The maximum Gasteiger partial charge on any atom is 0.173 e. The van der Waals surface area contributed by atoms with Gasteiger partial charge in [0.2, 0.25) is 0 Å². The number of likely N-dealkylation sites (tertiary alicyclic amines) is 1. The fraction of sp³-hybridized carbons (Fsp3) is 0.353. The van der Waals surface area contributed by atoms with Gasteiger partial charge < -0.3 is 10.2 Å². The van der Waals surface area contributed by atoms with Crippen LogP contribution in [0.2, 0.25) is 0 Å².